The summed E-state index contributed by atoms with van der Waals surface area (Å²) in [4.78, 5) is 27.0. The van der Waals surface area contributed by atoms with Gasteiger partial charge >= 0.3 is 5.63 Å². The van der Waals surface area contributed by atoms with Gasteiger partial charge in [0.05, 0.1) is 16.9 Å². The van der Waals surface area contributed by atoms with Crippen LogP contribution in [-0.2, 0) is 11.0 Å². The lowest BCUT2D eigenvalue weighted by Gasteiger charge is -2.21. The number of nitrogens with one attached hydrogen (secondary N) is 2. The summed E-state index contributed by atoms with van der Waals surface area (Å²) in [6, 6.07) is 10.3. The third-order valence-corrected chi connectivity index (χ3v) is 7.40. The van der Waals surface area contributed by atoms with E-state index in [9.17, 15) is 18.2 Å². The molecule has 0 saturated heterocycles. The Kier molecular flexibility index (Phi) is 6.27. The number of aryl methyl sites for hydroxylation is 1. The highest BCUT2D eigenvalue weighted by Crippen LogP contribution is 2.42. The molecule has 4 aromatic rings. The van der Waals surface area contributed by atoms with Gasteiger partial charge in [-0.2, -0.15) is 0 Å². The fraction of sp³-hybridized carbons (Fsp3) is 0.286. The number of pyridine rings is 1. The van der Waals surface area contributed by atoms with Gasteiger partial charge in [-0.3, -0.25) is 4.79 Å². The first-order valence-corrected chi connectivity index (χ1v) is 13.6. The Morgan fingerprint density at radius 2 is 1.76 bits per heavy atom. The molecule has 9 heteroatoms. The highest BCUT2D eigenvalue weighted by molar-refractivity contribution is 7.85. The molecule has 1 aliphatic rings. The van der Waals surface area contributed by atoms with Gasteiger partial charge in [-0.1, -0.05) is 18.2 Å². The molecule has 1 unspecified atom stereocenters. The maximum atomic E-state index is 14.8. The normalized spacial score (nSPS) is 14.1. The highest BCUT2D eigenvalue weighted by atomic mass is 32.2. The highest BCUT2D eigenvalue weighted by Gasteiger charge is 2.31. The summed E-state index contributed by atoms with van der Waals surface area (Å²) in [5.41, 5.74) is 4.06. The summed E-state index contributed by atoms with van der Waals surface area (Å²) < 4.78 is 37.2. The molecule has 0 spiro atoms. The number of hydrogen-bond donors (Lipinski definition) is 2. The van der Waals surface area contributed by atoms with Crippen molar-refractivity contribution in [2.75, 3.05) is 16.3 Å². The minimum atomic E-state index is -1.29. The Bertz CT molecular complexity index is 1720. The van der Waals surface area contributed by atoms with E-state index in [1.54, 1.807) is 36.8 Å². The van der Waals surface area contributed by atoms with E-state index in [2.05, 4.69) is 10.0 Å². The molecule has 5 rings (SSSR count). The van der Waals surface area contributed by atoms with Crippen LogP contribution in [0.2, 0.25) is 0 Å². The van der Waals surface area contributed by atoms with E-state index in [-0.39, 0.29) is 39.5 Å². The average molecular weight is 522 g/mol. The van der Waals surface area contributed by atoms with Crippen LogP contribution in [0.25, 0.3) is 22.1 Å². The number of hydrogen-bond acceptors (Lipinski definition) is 5. The molecule has 37 heavy (non-hydrogen) atoms. The third kappa shape index (κ3) is 4.37. The van der Waals surface area contributed by atoms with Gasteiger partial charge in [-0.25, -0.2) is 13.4 Å². The Morgan fingerprint density at radius 3 is 2.41 bits per heavy atom. The molecule has 0 amide bonds. The van der Waals surface area contributed by atoms with E-state index in [1.165, 1.54) is 6.07 Å². The SMILES string of the molecule is Cc1ccc(Nc2c(C)c(=O)oc3c(-c4cccc(NS(C)=O)c4C)c(C)n(C4CC4)c(=O)c23)c(F)c1. The summed E-state index contributed by atoms with van der Waals surface area (Å²) in [7, 11) is -1.29. The van der Waals surface area contributed by atoms with Crippen molar-refractivity contribution in [3.05, 3.63) is 85.4 Å². The van der Waals surface area contributed by atoms with Crippen LogP contribution < -0.4 is 21.2 Å². The molecule has 2 N–H and O–H groups in total. The Hall–Kier alpha value is -3.72. The van der Waals surface area contributed by atoms with Crippen molar-refractivity contribution in [1.29, 1.82) is 0 Å². The third-order valence-electron chi connectivity index (χ3n) is 6.89. The predicted octanol–water partition coefficient (Wildman–Crippen LogP) is 5.78. The molecule has 192 valence electrons. The first-order valence-electron chi connectivity index (χ1n) is 12.0. The lowest BCUT2D eigenvalue weighted by atomic mass is 9.95. The standard InChI is InChI=1S/C28H28FN3O4S/c1-14-9-12-22(20(29)13-14)30-25-16(3)28(34)36-26-23(17(4)32(18-10-11-18)27(33)24(25)26)19-7-6-8-21(15(19)2)31-37(5)35/h6-9,12-13,18,30-31H,10-11H2,1-5H3. The van der Waals surface area contributed by atoms with Crippen molar-refractivity contribution < 1.29 is 13.0 Å². The van der Waals surface area contributed by atoms with E-state index >= 15 is 0 Å². The van der Waals surface area contributed by atoms with Gasteiger partial charge in [0.2, 0.25) is 0 Å². The van der Waals surface area contributed by atoms with Gasteiger partial charge in [0.25, 0.3) is 5.56 Å². The van der Waals surface area contributed by atoms with Gasteiger partial charge in [0.1, 0.15) is 22.2 Å². The van der Waals surface area contributed by atoms with Crippen molar-refractivity contribution in [1.82, 2.24) is 4.57 Å². The molecule has 0 aliphatic heterocycles. The summed E-state index contributed by atoms with van der Waals surface area (Å²) in [5.74, 6) is -0.488. The molecule has 7 nitrogen and oxygen atoms in total. The number of benzene rings is 2. The molecule has 1 atom stereocenters. The van der Waals surface area contributed by atoms with Crippen LogP contribution in [0.1, 0.15) is 41.3 Å². The number of fused-ring (bicyclic) bond motifs is 1. The van der Waals surface area contributed by atoms with Gasteiger partial charge in [0, 0.05) is 29.2 Å². The van der Waals surface area contributed by atoms with Crippen molar-refractivity contribution in [3.8, 4) is 11.1 Å². The first-order chi connectivity index (χ1) is 17.6. The fourth-order valence-electron chi connectivity index (χ4n) is 4.83. The predicted molar refractivity (Wildman–Crippen MR) is 147 cm³/mol. The van der Waals surface area contributed by atoms with Crippen LogP contribution >= 0.6 is 0 Å². The molecule has 2 aromatic heterocycles. The zero-order chi connectivity index (χ0) is 26.6. The molecule has 0 radical (unpaired) electrons. The summed E-state index contributed by atoms with van der Waals surface area (Å²) in [6.07, 6.45) is 3.28. The quantitative estimate of drug-likeness (QED) is 0.336. The smallest absolute Gasteiger partial charge is 0.341 e. The van der Waals surface area contributed by atoms with Gasteiger partial charge in [0.15, 0.2) is 5.58 Å². The topological polar surface area (TPSA) is 93.3 Å². The van der Waals surface area contributed by atoms with E-state index in [1.807, 2.05) is 32.0 Å². The van der Waals surface area contributed by atoms with Crippen LogP contribution in [0.5, 0.6) is 0 Å². The van der Waals surface area contributed by atoms with E-state index < -0.39 is 22.4 Å². The summed E-state index contributed by atoms with van der Waals surface area (Å²) in [5, 5.41) is 3.22. The second kappa shape index (κ2) is 9.30. The fourth-order valence-corrected chi connectivity index (χ4v) is 5.37. The van der Waals surface area contributed by atoms with Crippen molar-refractivity contribution in [2.45, 2.75) is 46.6 Å². The lowest BCUT2D eigenvalue weighted by molar-refractivity contribution is 0.552. The maximum Gasteiger partial charge on any atom is 0.341 e. The minimum Gasteiger partial charge on any atom is -0.421 e. The second-order valence-electron chi connectivity index (χ2n) is 9.60. The van der Waals surface area contributed by atoms with Crippen LogP contribution in [0.3, 0.4) is 0 Å². The zero-order valence-electron chi connectivity index (χ0n) is 21.3. The average Bonchev–Trinajstić information content (AvgIpc) is 3.65. The first kappa shape index (κ1) is 25.0. The van der Waals surface area contributed by atoms with E-state index in [0.29, 0.717) is 16.9 Å². The Morgan fingerprint density at radius 1 is 1.03 bits per heavy atom. The molecular formula is C28H28FN3O4S. The molecule has 1 saturated carbocycles. The molecule has 1 aliphatic carbocycles. The van der Waals surface area contributed by atoms with Gasteiger partial charge < -0.3 is 19.0 Å². The second-order valence-corrected chi connectivity index (χ2v) is 10.7. The van der Waals surface area contributed by atoms with Gasteiger partial charge in [-0.05, 0) is 75.4 Å². The van der Waals surface area contributed by atoms with Crippen LogP contribution in [0, 0.1) is 33.5 Å². The molecular weight excluding hydrogens is 493 g/mol. The molecule has 2 heterocycles. The van der Waals surface area contributed by atoms with E-state index in [0.717, 1.165) is 29.5 Å². The zero-order valence-corrected chi connectivity index (χ0v) is 22.1. The molecule has 2 aromatic carbocycles. The largest absolute Gasteiger partial charge is 0.421 e. The Labute approximate surface area is 215 Å². The monoisotopic (exact) mass is 521 g/mol. The number of halogens is 1. The molecule has 0 bridgehead atoms. The Balaban J connectivity index is 1.88. The lowest BCUT2D eigenvalue weighted by Crippen LogP contribution is -2.25. The van der Waals surface area contributed by atoms with Crippen molar-refractivity contribution in [3.63, 3.8) is 0 Å². The van der Waals surface area contributed by atoms with Crippen LogP contribution in [0.4, 0.5) is 21.5 Å². The van der Waals surface area contributed by atoms with Gasteiger partial charge in [-0.15, -0.1) is 0 Å². The number of aromatic nitrogens is 1. The number of rotatable bonds is 6. The summed E-state index contributed by atoms with van der Waals surface area (Å²) >= 11 is 0. The minimum absolute atomic E-state index is 0.0385. The van der Waals surface area contributed by atoms with Crippen LogP contribution in [0.15, 0.2) is 50.4 Å². The number of nitrogens with zero attached hydrogens (tertiary/aromatic N) is 1. The van der Waals surface area contributed by atoms with Crippen molar-refractivity contribution in [2.24, 2.45) is 0 Å². The number of anilines is 3. The van der Waals surface area contributed by atoms with E-state index in [4.69, 9.17) is 4.42 Å². The summed E-state index contributed by atoms with van der Waals surface area (Å²) in [6.45, 7) is 7.08. The van der Waals surface area contributed by atoms with Crippen molar-refractivity contribution >= 4 is 39.0 Å². The molecule has 1 fully saturated rings. The van der Waals surface area contributed by atoms with Crippen LogP contribution in [-0.4, -0.2) is 15.0 Å². The maximum absolute atomic E-state index is 14.8.